The second-order valence-electron chi connectivity index (χ2n) is 5.15. The van der Waals surface area contributed by atoms with Crippen LogP contribution in [0.25, 0.3) is 0 Å². The average Bonchev–Trinajstić information content (AvgIpc) is 2.90. The topological polar surface area (TPSA) is 29.1 Å². The van der Waals surface area contributed by atoms with E-state index in [-0.39, 0.29) is 11.3 Å². The van der Waals surface area contributed by atoms with Gasteiger partial charge in [0.15, 0.2) is 0 Å². The van der Waals surface area contributed by atoms with Crippen molar-refractivity contribution in [3.63, 3.8) is 0 Å². The summed E-state index contributed by atoms with van der Waals surface area (Å²) >= 11 is 1.99. The highest BCUT2D eigenvalue weighted by Gasteiger charge is 2.48. The van der Waals surface area contributed by atoms with E-state index in [1.165, 1.54) is 17.7 Å². The van der Waals surface area contributed by atoms with Crippen LogP contribution in [0.1, 0.15) is 18.4 Å². The summed E-state index contributed by atoms with van der Waals surface area (Å²) in [4.78, 5) is 11.7. The molecule has 1 N–H and O–H groups in total. The first-order valence-corrected chi connectivity index (χ1v) is 7.35. The maximum atomic E-state index is 11.7. The van der Waals surface area contributed by atoms with Gasteiger partial charge in [-0.2, -0.15) is 11.8 Å². The average molecular weight is 247 g/mol. The monoisotopic (exact) mass is 247 g/mol. The largest absolute Gasteiger partial charge is 0.352 e. The maximum Gasteiger partial charge on any atom is 0.220 e. The highest BCUT2D eigenvalue weighted by Crippen LogP contribution is 2.45. The first kappa shape index (κ1) is 11.1. The summed E-state index contributed by atoms with van der Waals surface area (Å²) < 4.78 is 0. The van der Waals surface area contributed by atoms with Crippen LogP contribution >= 0.6 is 11.8 Å². The van der Waals surface area contributed by atoms with Crippen molar-refractivity contribution < 1.29 is 4.79 Å². The Balaban J connectivity index is 1.80. The molecule has 3 heteroatoms. The Kier molecular flexibility index (Phi) is 2.87. The van der Waals surface area contributed by atoms with Crippen molar-refractivity contribution >= 4 is 17.7 Å². The first-order valence-electron chi connectivity index (χ1n) is 6.20. The van der Waals surface area contributed by atoms with E-state index in [1.807, 2.05) is 17.8 Å². The van der Waals surface area contributed by atoms with Crippen molar-refractivity contribution in [2.75, 3.05) is 11.5 Å². The molecular weight excluding hydrogens is 230 g/mol. The Labute approximate surface area is 106 Å². The Morgan fingerprint density at radius 1 is 1.35 bits per heavy atom. The fourth-order valence-corrected chi connectivity index (χ4v) is 4.55. The second-order valence-corrected chi connectivity index (χ2v) is 6.26. The van der Waals surface area contributed by atoms with Crippen LogP contribution < -0.4 is 5.32 Å². The van der Waals surface area contributed by atoms with E-state index in [0.717, 1.165) is 18.6 Å². The van der Waals surface area contributed by atoms with Gasteiger partial charge in [0.25, 0.3) is 0 Å². The van der Waals surface area contributed by atoms with E-state index in [4.69, 9.17) is 0 Å². The number of carbonyl (C=O) groups is 1. The molecule has 2 saturated heterocycles. The Hall–Kier alpha value is -0.960. The number of rotatable bonds is 2. The van der Waals surface area contributed by atoms with Crippen molar-refractivity contribution in [2.24, 2.45) is 5.41 Å². The van der Waals surface area contributed by atoms with Crippen molar-refractivity contribution in [1.82, 2.24) is 5.32 Å². The molecule has 2 aliphatic heterocycles. The summed E-state index contributed by atoms with van der Waals surface area (Å²) in [6.45, 7) is 0. The molecule has 2 atom stereocenters. The number of thioether (sulfide) groups is 1. The molecule has 1 aromatic rings. The molecule has 3 rings (SSSR count). The zero-order valence-corrected chi connectivity index (χ0v) is 10.6. The van der Waals surface area contributed by atoms with Gasteiger partial charge in [0.05, 0.1) is 0 Å². The molecule has 2 aliphatic rings. The van der Waals surface area contributed by atoms with E-state index in [9.17, 15) is 4.79 Å². The molecule has 0 radical (unpaired) electrons. The standard InChI is InChI=1S/C14H17NOS/c16-13-9-14(6-7-17-10-14)12(15-13)8-11-4-2-1-3-5-11/h1-5,12H,6-10H2,(H,15,16). The molecule has 90 valence electrons. The van der Waals surface area contributed by atoms with Crippen LogP contribution in [0.5, 0.6) is 0 Å². The number of hydrogen-bond donors (Lipinski definition) is 1. The normalized spacial score (nSPS) is 32.0. The molecule has 2 nitrogen and oxygen atoms in total. The summed E-state index contributed by atoms with van der Waals surface area (Å²) in [6.07, 6.45) is 2.90. The number of amides is 1. The Bertz CT molecular complexity index is 411. The lowest BCUT2D eigenvalue weighted by Crippen LogP contribution is -2.39. The van der Waals surface area contributed by atoms with Gasteiger partial charge in [0.2, 0.25) is 5.91 Å². The highest BCUT2D eigenvalue weighted by atomic mass is 32.2. The molecular formula is C14H17NOS. The van der Waals surface area contributed by atoms with Crippen LogP contribution in [0, 0.1) is 5.41 Å². The fraction of sp³-hybridized carbons (Fsp3) is 0.500. The lowest BCUT2D eigenvalue weighted by Gasteiger charge is -2.28. The molecule has 1 spiro atoms. The Morgan fingerprint density at radius 2 is 2.18 bits per heavy atom. The molecule has 17 heavy (non-hydrogen) atoms. The SMILES string of the molecule is O=C1CC2(CCSC2)C(Cc2ccccc2)N1. The molecule has 0 aliphatic carbocycles. The van der Waals surface area contributed by atoms with Crippen molar-refractivity contribution in [3.8, 4) is 0 Å². The van der Waals surface area contributed by atoms with Gasteiger partial charge < -0.3 is 5.32 Å². The third kappa shape index (κ3) is 2.08. The maximum absolute atomic E-state index is 11.7. The zero-order chi connectivity index (χ0) is 11.7. The second kappa shape index (κ2) is 4.37. The summed E-state index contributed by atoms with van der Waals surface area (Å²) in [5.74, 6) is 2.59. The van der Waals surface area contributed by atoms with Crippen LogP contribution in [-0.2, 0) is 11.2 Å². The van der Waals surface area contributed by atoms with Crippen LogP contribution in [0.4, 0.5) is 0 Å². The predicted octanol–water partition coefficient (Wildman–Crippen LogP) is 2.24. The third-order valence-corrected chi connectivity index (χ3v) is 5.28. The number of nitrogens with one attached hydrogen (secondary N) is 1. The predicted molar refractivity (Wildman–Crippen MR) is 71.1 cm³/mol. The lowest BCUT2D eigenvalue weighted by atomic mass is 9.77. The van der Waals surface area contributed by atoms with Crippen molar-refractivity contribution in [2.45, 2.75) is 25.3 Å². The highest BCUT2D eigenvalue weighted by molar-refractivity contribution is 7.99. The van der Waals surface area contributed by atoms with Gasteiger partial charge in [-0.3, -0.25) is 4.79 Å². The quantitative estimate of drug-likeness (QED) is 0.868. The van der Waals surface area contributed by atoms with E-state index in [2.05, 4.69) is 29.6 Å². The minimum Gasteiger partial charge on any atom is -0.352 e. The summed E-state index contributed by atoms with van der Waals surface area (Å²) in [6, 6.07) is 10.8. The summed E-state index contributed by atoms with van der Waals surface area (Å²) in [7, 11) is 0. The first-order chi connectivity index (χ1) is 8.28. The van der Waals surface area contributed by atoms with Gasteiger partial charge in [-0.05, 0) is 24.2 Å². The number of carbonyl (C=O) groups excluding carboxylic acids is 1. The van der Waals surface area contributed by atoms with E-state index in [1.54, 1.807) is 0 Å². The zero-order valence-electron chi connectivity index (χ0n) is 9.82. The van der Waals surface area contributed by atoms with Crippen LogP contribution in [0.15, 0.2) is 30.3 Å². The number of benzene rings is 1. The minimum absolute atomic E-state index is 0.234. The minimum atomic E-state index is 0.234. The van der Waals surface area contributed by atoms with Crippen molar-refractivity contribution in [3.05, 3.63) is 35.9 Å². The lowest BCUT2D eigenvalue weighted by molar-refractivity contribution is -0.119. The van der Waals surface area contributed by atoms with Gasteiger partial charge >= 0.3 is 0 Å². The molecule has 2 heterocycles. The number of hydrogen-bond acceptors (Lipinski definition) is 2. The van der Waals surface area contributed by atoms with Crippen molar-refractivity contribution in [1.29, 1.82) is 0 Å². The molecule has 2 unspecified atom stereocenters. The molecule has 1 amide bonds. The fourth-order valence-electron chi connectivity index (χ4n) is 3.00. The van der Waals surface area contributed by atoms with Gasteiger partial charge in [-0.25, -0.2) is 0 Å². The summed E-state index contributed by atoms with van der Waals surface area (Å²) in [5, 5.41) is 3.18. The van der Waals surface area contributed by atoms with Crippen LogP contribution in [0.2, 0.25) is 0 Å². The van der Waals surface area contributed by atoms with Crippen LogP contribution in [0.3, 0.4) is 0 Å². The molecule has 0 bridgehead atoms. The van der Waals surface area contributed by atoms with E-state index < -0.39 is 0 Å². The van der Waals surface area contributed by atoms with E-state index in [0.29, 0.717) is 6.04 Å². The smallest absolute Gasteiger partial charge is 0.220 e. The third-order valence-electron chi connectivity index (χ3n) is 4.00. The van der Waals surface area contributed by atoms with Gasteiger partial charge in [0, 0.05) is 23.6 Å². The summed E-state index contributed by atoms with van der Waals surface area (Å²) in [5.41, 5.74) is 1.56. The molecule has 0 aromatic heterocycles. The van der Waals surface area contributed by atoms with Gasteiger partial charge in [0.1, 0.15) is 0 Å². The Morgan fingerprint density at radius 3 is 2.88 bits per heavy atom. The molecule has 1 aromatic carbocycles. The van der Waals surface area contributed by atoms with Crippen LogP contribution in [-0.4, -0.2) is 23.5 Å². The molecule has 0 saturated carbocycles. The van der Waals surface area contributed by atoms with E-state index >= 15 is 0 Å². The van der Waals surface area contributed by atoms with Gasteiger partial charge in [-0.15, -0.1) is 0 Å². The molecule has 2 fully saturated rings. The van der Waals surface area contributed by atoms with Gasteiger partial charge in [-0.1, -0.05) is 30.3 Å².